The van der Waals surface area contributed by atoms with Gasteiger partial charge >= 0.3 is 0 Å². The van der Waals surface area contributed by atoms with E-state index in [2.05, 4.69) is 25.9 Å². The fraction of sp³-hybridized carbons (Fsp3) is 0.500. The summed E-state index contributed by atoms with van der Waals surface area (Å²) in [6.07, 6.45) is 3.93. The second-order valence-corrected chi connectivity index (χ2v) is 6.57. The molecule has 1 aromatic heterocycles. The summed E-state index contributed by atoms with van der Waals surface area (Å²) in [7, 11) is 0. The van der Waals surface area contributed by atoms with E-state index in [0.717, 1.165) is 35.9 Å². The molecule has 0 saturated carbocycles. The number of carbonyl (C=O) groups excluding carboxylic acids is 1. The summed E-state index contributed by atoms with van der Waals surface area (Å²) < 4.78 is 13.5. The Balaban J connectivity index is 0.00000392. The van der Waals surface area contributed by atoms with E-state index in [1.807, 2.05) is 27.0 Å². The molecule has 0 fully saturated rings. The van der Waals surface area contributed by atoms with Crippen LogP contribution in [-0.2, 0) is 11.2 Å². The summed E-state index contributed by atoms with van der Waals surface area (Å²) >= 11 is 0. The van der Waals surface area contributed by atoms with Crippen LogP contribution < -0.4 is 16.0 Å². The molecule has 6 nitrogen and oxygen atoms in total. The van der Waals surface area contributed by atoms with Crippen molar-refractivity contribution in [3.63, 3.8) is 0 Å². The Hall–Kier alpha value is -1.84. The molecule has 2 aromatic rings. The summed E-state index contributed by atoms with van der Waals surface area (Å²) in [4.78, 5) is 19.4. The Morgan fingerprint density at radius 1 is 1.29 bits per heavy atom. The predicted octanol–water partition coefficient (Wildman–Crippen LogP) is 3.33. The van der Waals surface area contributed by atoms with E-state index in [0.29, 0.717) is 25.5 Å². The van der Waals surface area contributed by atoms with Crippen LogP contribution in [0.15, 0.2) is 29.4 Å². The standard InChI is InChI=1S/C20H30FN5O.HI/c1-4-14(3)26-19(27)9-11-24-20(22-5-2)23-10-8-15-13-25-18-7-6-16(21)12-17(15)18;/h6-7,12-14,25H,4-5,8-11H2,1-3H3,(H,26,27)(H2,22,23,24);1H. The van der Waals surface area contributed by atoms with Crippen molar-refractivity contribution in [2.75, 3.05) is 19.6 Å². The van der Waals surface area contributed by atoms with Gasteiger partial charge in [0.25, 0.3) is 0 Å². The van der Waals surface area contributed by atoms with Gasteiger partial charge in [-0.05, 0) is 50.5 Å². The van der Waals surface area contributed by atoms with Crippen molar-refractivity contribution in [1.82, 2.24) is 20.9 Å². The molecule has 2 rings (SSSR count). The largest absolute Gasteiger partial charge is 0.361 e. The minimum Gasteiger partial charge on any atom is -0.361 e. The number of benzene rings is 1. The average Bonchev–Trinajstić information content (AvgIpc) is 3.03. The number of carbonyl (C=O) groups is 1. The normalized spacial score (nSPS) is 12.4. The molecule has 0 bridgehead atoms. The molecule has 8 heteroatoms. The SMILES string of the molecule is CCNC(=NCCC(=O)NC(C)CC)NCCc1c[nH]c2ccc(F)cc12.I. The van der Waals surface area contributed by atoms with E-state index in [4.69, 9.17) is 0 Å². The molecule has 28 heavy (non-hydrogen) atoms. The van der Waals surface area contributed by atoms with Crippen LogP contribution in [0.3, 0.4) is 0 Å². The van der Waals surface area contributed by atoms with Crippen molar-refractivity contribution in [1.29, 1.82) is 0 Å². The Morgan fingerprint density at radius 3 is 2.79 bits per heavy atom. The molecule has 1 amide bonds. The lowest BCUT2D eigenvalue weighted by molar-refractivity contribution is -0.121. The molecular weight excluding hydrogens is 472 g/mol. The molecule has 1 atom stereocenters. The Labute approximate surface area is 183 Å². The van der Waals surface area contributed by atoms with Crippen LogP contribution in [0.25, 0.3) is 10.9 Å². The van der Waals surface area contributed by atoms with Crippen molar-refractivity contribution >= 4 is 46.7 Å². The number of fused-ring (bicyclic) bond motifs is 1. The number of aromatic amines is 1. The second-order valence-electron chi connectivity index (χ2n) is 6.57. The van der Waals surface area contributed by atoms with Gasteiger partial charge in [0.05, 0.1) is 6.54 Å². The van der Waals surface area contributed by atoms with Gasteiger partial charge < -0.3 is 20.9 Å². The van der Waals surface area contributed by atoms with Gasteiger partial charge in [0, 0.05) is 42.7 Å². The third-order valence-electron chi connectivity index (χ3n) is 4.39. The van der Waals surface area contributed by atoms with Crippen LogP contribution in [0.2, 0.25) is 0 Å². The molecule has 0 aliphatic rings. The highest BCUT2D eigenvalue weighted by Crippen LogP contribution is 2.19. The van der Waals surface area contributed by atoms with Crippen LogP contribution in [0, 0.1) is 5.82 Å². The molecule has 0 aliphatic carbocycles. The third-order valence-corrected chi connectivity index (χ3v) is 4.39. The van der Waals surface area contributed by atoms with Crippen LogP contribution in [0.5, 0.6) is 0 Å². The van der Waals surface area contributed by atoms with Crippen molar-refractivity contribution in [3.05, 3.63) is 35.8 Å². The van der Waals surface area contributed by atoms with Gasteiger partial charge in [0.2, 0.25) is 5.91 Å². The molecule has 0 spiro atoms. The summed E-state index contributed by atoms with van der Waals surface area (Å²) in [6, 6.07) is 4.94. The van der Waals surface area contributed by atoms with Crippen LogP contribution in [-0.4, -0.2) is 42.5 Å². The summed E-state index contributed by atoms with van der Waals surface area (Å²) in [6.45, 7) is 7.85. The number of aliphatic imine (C=N–C) groups is 1. The van der Waals surface area contributed by atoms with Gasteiger partial charge in [-0.25, -0.2) is 4.39 Å². The van der Waals surface area contributed by atoms with E-state index >= 15 is 0 Å². The number of H-pyrrole nitrogens is 1. The first-order chi connectivity index (χ1) is 13.0. The summed E-state index contributed by atoms with van der Waals surface area (Å²) in [5.41, 5.74) is 1.99. The first kappa shape index (κ1) is 24.2. The van der Waals surface area contributed by atoms with Crippen molar-refractivity contribution in [3.8, 4) is 0 Å². The van der Waals surface area contributed by atoms with Crippen LogP contribution in [0.4, 0.5) is 4.39 Å². The highest BCUT2D eigenvalue weighted by molar-refractivity contribution is 14.0. The number of aromatic nitrogens is 1. The second kappa shape index (κ2) is 12.6. The number of nitrogens with zero attached hydrogens (tertiary/aromatic N) is 1. The molecule has 1 aromatic carbocycles. The molecule has 0 aliphatic heterocycles. The lowest BCUT2D eigenvalue weighted by atomic mass is 10.1. The number of nitrogens with one attached hydrogen (secondary N) is 4. The molecule has 1 unspecified atom stereocenters. The molecule has 0 saturated heterocycles. The zero-order chi connectivity index (χ0) is 19.6. The number of rotatable bonds is 9. The monoisotopic (exact) mass is 503 g/mol. The number of hydrogen-bond acceptors (Lipinski definition) is 2. The van der Waals surface area contributed by atoms with Crippen molar-refractivity contribution in [2.24, 2.45) is 4.99 Å². The topological polar surface area (TPSA) is 81.3 Å². The maximum Gasteiger partial charge on any atom is 0.222 e. The van der Waals surface area contributed by atoms with Gasteiger partial charge in [-0.2, -0.15) is 0 Å². The fourth-order valence-corrected chi connectivity index (χ4v) is 2.73. The lowest BCUT2D eigenvalue weighted by Gasteiger charge is -2.12. The van der Waals surface area contributed by atoms with Crippen LogP contribution >= 0.6 is 24.0 Å². The van der Waals surface area contributed by atoms with Gasteiger partial charge in [-0.3, -0.25) is 9.79 Å². The molecule has 1 heterocycles. The van der Waals surface area contributed by atoms with Gasteiger partial charge in [-0.15, -0.1) is 24.0 Å². The molecule has 156 valence electrons. The van der Waals surface area contributed by atoms with E-state index in [1.54, 1.807) is 12.1 Å². The van der Waals surface area contributed by atoms with E-state index in [-0.39, 0.29) is 41.7 Å². The molecule has 4 N–H and O–H groups in total. The molecular formula is C20H31FIN5O. The zero-order valence-electron chi connectivity index (χ0n) is 16.8. The first-order valence-corrected chi connectivity index (χ1v) is 9.60. The van der Waals surface area contributed by atoms with E-state index in [1.165, 1.54) is 6.07 Å². The number of halogens is 2. The summed E-state index contributed by atoms with van der Waals surface area (Å²) in [5.74, 6) is 0.464. The third kappa shape index (κ3) is 7.65. The highest BCUT2D eigenvalue weighted by atomic mass is 127. The van der Waals surface area contributed by atoms with Crippen molar-refractivity contribution in [2.45, 2.75) is 46.1 Å². The predicted molar refractivity (Wildman–Crippen MR) is 124 cm³/mol. The Bertz CT molecular complexity index is 777. The minimum atomic E-state index is -0.234. The Morgan fingerprint density at radius 2 is 2.07 bits per heavy atom. The van der Waals surface area contributed by atoms with Gasteiger partial charge in [-0.1, -0.05) is 6.92 Å². The van der Waals surface area contributed by atoms with Gasteiger partial charge in [0.1, 0.15) is 5.82 Å². The molecule has 0 radical (unpaired) electrons. The average molecular weight is 503 g/mol. The van der Waals surface area contributed by atoms with Crippen LogP contribution in [0.1, 0.15) is 39.2 Å². The van der Waals surface area contributed by atoms with E-state index in [9.17, 15) is 9.18 Å². The quantitative estimate of drug-likeness (QED) is 0.241. The minimum absolute atomic E-state index is 0. The van der Waals surface area contributed by atoms with E-state index < -0.39 is 0 Å². The fourth-order valence-electron chi connectivity index (χ4n) is 2.73. The first-order valence-electron chi connectivity index (χ1n) is 9.60. The maximum atomic E-state index is 13.5. The number of hydrogen-bond donors (Lipinski definition) is 4. The summed E-state index contributed by atoms with van der Waals surface area (Å²) in [5, 5.41) is 10.3. The zero-order valence-corrected chi connectivity index (χ0v) is 19.1. The number of guanidine groups is 1. The lowest BCUT2D eigenvalue weighted by Crippen LogP contribution is -2.38. The Kier molecular flexibility index (Phi) is 10.9. The van der Waals surface area contributed by atoms with Crippen molar-refractivity contribution < 1.29 is 9.18 Å². The highest BCUT2D eigenvalue weighted by Gasteiger charge is 2.07. The smallest absolute Gasteiger partial charge is 0.222 e. The van der Waals surface area contributed by atoms with Gasteiger partial charge in [0.15, 0.2) is 5.96 Å². The maximum absolute atomic E-state index is 13.5. The number of amides is 1.